The van der Waals surface area contributed by atoms with Crippen molar-refractivity contribution < 1.29 is 0 Å². The van der Waals surface area contributed by atoms with Gasteiger partial charge < -0.3 is 0 Å². The number of hydrogen-bond acceptors (Lipinski definition) is 0. The van der Waals surface area contributed by atoms with Crippen LogP contribution in [-0.2, 0) is 0 Å². The van der Waals surface area contributed by atoms with Crippen LogP contribution in [0.3, 0.4) is 0 Å². The molecule has 0 fully saturated rings. The van der Waals surface area contributed by atoms with Crippen molar-refractivity contribution in [1.29, 1.82) is 0 Å². The highest BCUT2D eigenvalue weighted by Crippen LogP contribution is 2.02. The summed E-state index contributed by atoms with van der Waals surface area (Å²) in [6.07, 6.45) is 0. The van der Waals surface area contributed by atoms with Crippen LogP contribution in [0, 0.1) is 27.7 Å². The van der Waals surface area contributed by atoms with Gasteiger partial charge in [-0.1, -0.05) is 73.5 Å². The summed E-state index contributed by atoms with van der Waals surface area (Å²) in [5.74, 6) is 0. The first kappa shape index (κ1) is 16.4. The Kier molecular flexibility index (Phi) is 8.65. The first-order chi connectivity index (χ1) is 8.59. The fourth-order valence-corrected chi connectivity index (χ4v) is 1.30. The second kappa shape index (κ2) is 9.47. The fourth-order valence-electron chi connectivity index (χ4n) is 1.30. The molecule has 0 atom stereocenters. The van der Waals surface area contributed by atoms with Crippen LogP contribution in [0.1, 0.15) is 36.1 Å². The standard InChI is InChI=1S/2C8H10.C2H6/c1-7-3-5-8(2)6-4-7;1-7-5-3-4-6-8(7)2;1-2/h2*3-6H,1-2H3;1-2H3. The smallest absolute Gasteiger partial charge is 0.0395 e. The average molecular weight is 242 g/mol. The molecule has 0 heteroatoms. The van der Waals surface area contributed by atoms with Crippen LogP contribution in [0.25, 0.3) is 0 Å². The summed E-state index contributed by atoms with van der Waals surface area (Å²) in [5.41, 5.74) is 5.39. The van der Waals surface area contributed by atoms with Gasteiger partial charge in [-0.25, -0.2) is 0 Å². The van der Waals surface area contributed by atoms with Crippen LogP contribution in [0.2, 0.25) is 0 Å². The van der Waals surface area contributed by atoms with Crippen LogP contribution < -0.4 is 0 Å². The van der Waals surface area contributed by atoms with Gasteiger partial charge in [-0.3, -0.25) is 0 Å². The van der Waals surface area contributed by atoms with E-state index in [1.807, 2.05) is 13.8 Å². The van der Waals surface area contributed by atoms with E-state index in [0.29, 0.717) is 0 Å². The van der Waals surface area contributed by atoms with E-state index in [9.17, 15) is 0 Å². The number of hydrogen-bond donors (Lipinski definition) is 0. The summed E-state index contributed by atoms with van der Waals surface area (Å²) < 4.78 is 0. The van der Waals surface area contributed by atoms with Crippen molar-refractivity contribution in [3.05, 3.63) is 70.8 Å². The molecule has 98 valence electrons. The van der Waals surface area contributed by atoms with Crippen molar-refractivity contribution in [1.82, 2.24) is 0 Å². The molecule has 0 N–H and O–H groups in total. The third-order valence-corrected chi connectivity index (χ3v) is 2.64. The molecular formula is C18H26. The molecule has 0 spiro atoms. The van der Waals surface area contributed by atoms with E-state index in [-0.39, 0.29) is 0 Å². The maximum Gasteiger partial charge on any atom is -0.0395 e. The second-order valence-electron chi connectivity index (χ2n) is 4.24. The molecule has 0 saturated heterocycles. The number of benzene rings is 2. The van der Waals surface area contributed by atoms with Crippen molar-refractivity contribution >= 4 is 0 Å². The minimum Gasteiger partial charge on any atom is -0.0683 e. The van der Waals surface area contributed by atoms with E-state index in [1.54, 1.807) is 0 Å². The summed E-state index contributed by atoms with van der Waals surface area (Å²) >= 11 is 0. The van der Waals surface area contributed by atoms with Crippen LogP contribution in [0.15, 0.2) is 48.5 Å². The van der Waals surface area contributed by atoms with Gasteiger partial charge in [0.05, 0.1) is 0 Å². The van der Waals surface area contributed by atoms with E-state index in [1.165, 1.54) is 22.3 Å². The van der Waals surface area contributed by atoms with Crippen LogP contribution in [0.4, 0.5) is 0 Å². The van der Waals surface area contributed by atoms with Gasteiger partial charge in [0.15, 0.2) is 0 Å². The van der Waals surface area contributed by atoms with Crippen molar-refractivity contribution in [2.75, 3.05) is 0 Å². The molecule has 0 amide bonds. The first-order valence-electron chi connectivity index (χ1n) is 6.65. The molecule has 0 aromatic heterocycles. The monoisotopic (exact) mass is 242 g/mol. The van der Waals surface area contributed by atoms with E-state index in [2.05, 4.69) is 76.2 Å². The van der Waals surface area contributed by atoms with Gasteiger partial charge >= 0.3 is 0 Å². The van der Waals surface area contributed by atoms with E-state index in [4.69, 9.17) is 0 Å². The van der Waals surface area contributed by atoms with E-state index >= 15 is 0 Å². The largest absolute Gasteiger partial charge is 0.0683 e. The summed E-state index contributed by atoms with van der Waals surface area (Å²) in [4.78, 5) is 0. The molecule has 0 bridgehead atoms. The lowest BCUT2D eigenvalue weighted by atomic mass is 10.1. The van der Waals surface area contributed by atoms with Gasteiger partial charge in [-0.05, 0) is 38.8 Å². The zero-order valence-electron chi connectivity index (χ0n) is 12.6. The lowest BCUT2D eigenvalue weighted by Crippen LogP contribution is -1.74. The summed E-state index contributed by atoms with van der Waals surface area (Å²) in [5, 5.41) is 0. The molecule has 0 radical (unpaired) electrons. The predicted octanol–water partition coefficient (Wildman–Crippen LogP) is 5.63. The van der Waals surface area contributed by atoms with Crippen molar-refractivity contribution in [2.24, 2.45) is 0 Å². The molecule has 0 nitrogen and oxygen atoms in total. The maximum absolute atomic E-state index is 2.12. The van der Waals surface area contributed by atoms with Crippen molar-refractivity contribution in [3.8, 4) is 0 Å². The van der Waals surface area contributed by atoms with E-state index < -0.39 is 0 Å². The Balaban J connectivity index is 0.000000283. The van der Waals surface area contributed by atoms with Gasteiger partial charge in [0.1, 0.15) is 0 Å². The zero-order chi connectivity index (χ0) is 14.0. The Bertz CT molecular complexity index is 382. The zero-order valence-corrected chi connectivity index (χ0v) is 12.6. The second-order valence-corrected chi connectivity index (χ2v) is 4.24. The molecule has 2 aromatic carbocycles. The molecular weight excluding hydrogens is 216 g/mol. The van der Waals surface area contributed by atoms with Gasteiger partial charge in [0, 0.05) is 0 Å². The molecule has 0 saturated carbocycles. The third-order valence-electron chi connectivity index (χ3n) is 2.64. The molecule has 0 unspecified atom stereocenters. The number of rotatable bonds is 0. The third kappa shape index (κ3) is 6.90. The summed E-state index contributed by atoms with van der Waals surface area (Å²) in [6.45, 7) is 12.4. The van der Waals surface area contributed by atoms with Gasteiger partial charge in [0.2, 0.25) is 0 Å². The fraction of sp³-hybridized carbons (Fsp3) is 0.333. The lowest BCUT2D eigenvalue weighted by Gasteiger charge is -1.93. The quantitative estimate of drug-likeness (QED) is 0.561. The Morgan fingerprint density at radius 2 is 0.778 bits per heavy atom. The topological polar surface area (TPSA) is 0 Å². The molecule has 0 aliphatic rings. The van der Waals surface area contributed by atoms with Crippen molar-refractivity contribution in [2.45, 2.75) is 41.5 Å². The first-order valence-corrected chi connectivity index (χ1v) is 6.65. The molecule has 0 aliphatic heterocycles. The van der Waals surface area contributed by atoms with Gasteiger partial charge in [0.25, 0.3) is 0 Å². The molecule has 2 aromatic rings. The molecule has 18 heavy (non-hydrogen) atoms. The highest BCUT2D eigenvalue weighted by atomic mass is 13.9. The van der Waals surface area contributed by atoms with Crippen LogP contribution >= 0.6 is 0 Å². The number of aryl methyl sites for hydroxylation is 4. The molecule has 2 rings (SSSR count). The highest BCUT2D eigenvalue weighted by Gasteiger charge is 1.83. The average Bonchev–Trinajstić information content (AvgIpc) is 2.40. The van der Waals surface area contributed by atoms with Gasteiger partial charge in [-0.15, -0.1) is 0 Å². The maximum atomic E-state index is 2.12. The van der Waals surface area contributed by atoms with Crippen molar-refractivity contribution in [3.63, 3.8) is 0 Å². The molecule has 0 heterocycles. The Morgan fingerprint density at radius 3 is 1.00 bits per heavy atom. The summed E-state index contributed by atoms with van der Waals surface area (Å²) in [7, 11) is 0. The Morgan fingerprint density at radius 1 is 0.500 bits per heavy atom. The minimum absolute atomic E-state index is 1.33. The summed E-state index contributed by atoms with van der Waals surface area (Å²) in [6, 6.07) is 16.8. The van der Waals surface area contributed by atoms with Crippen LogP contribution in [-0.4, -0.2) is 0 Å². The van der Waals surface area contributed by atoms with E-state index in [0.717, 1.165) is 0 Å². The Labute approximate surface area is 113 Å². The Hall–Kier alpha value is -1.56. The highest BCUT2D eigenvalue weighted by molar-refractivity contribution is 5.23. The lowest BCUT2D eigenvalue weighted by molar-refractivity contribution is 1.34. The molecule has 0 aliphatic carbocycles. The SMILES string of the molecule is CC.Cc1ccc(C)cc1.Cc1ccccc1C. The predicted molar refractivity (Wildman–Crippen MR) is 83.2 cm³/mol. The van der Waals surface area contributed by atoms with Gasteiger partial charge in [-0.2, -0.15) is 0 Å². The normalized spacial score (nSPS) is 8.56. The van der Waals surface area contributed by atoms with Crippen LogP contribution in [0.5, 0.6) is 0 Å². The minimum atomic E-state index is 1.33.